The Hall–Kier alpha value is -3.14. The molecule has 1 aliphatic rings. The highest BCUT2D eigenvalue weighted by atomic mass is 16.4. The quantitative estimate of drug-likeness (QED) is 0.371. The summed E-state index contributed by atoms with van der Waals surface area (Å²) in [4.78, 5) is 48.7. The number of hydrogen-bond donors (Lipinski definition) is 5. The predicted octanol–water partition coefficient (Wildman–Crippen LogP) is -0.313. The fourth-order valence-corrected chi connectivity index (χ4v) is 3.25. The number of carbonyl (C=O) groups is 4. The van der Waals surface area contributed by atoms with Crippen LogP contribution in [0.1, 0.15) is 31.2 Å². The second-order valence-corrected chi connectivity index (χ2v) is 7.00. The molecule has 6 N–H and O–H groups in total. The lowest BCUT2D eigenvalue weighted by Gasteiger charge is -2.27. The molecule has 0 saturated carbocycles. The number of hydrogen-bond acceptors (Lipinski definition) is 6. The van der Waals surface area contributed by atoms with Gasteiger partial charge in [-0.3, -0.25) is 14.4 Å². The molecule has 3 atom stereocenters. The van der Waals surface area contributed by atoms with Crippen LogP contribution in [0.4, 0.5) is 0 Å². The molecule has 10 nitrogen and oxygen atoms in total. The number of phenols is 1. The molecule has 2 amide bonds. The van der Waals surface area contributed by atoms with Crippen molar-refractivity contribution in [1.29, 1.82) is 0 Å². The standard InChI is InChI=1S/C19H25N3O7/c20-13(7-8-16(24)25)18(27)22-9-1-2-15(22)17(26)21-14(19(28)29)10-11-3-5-12(23)6-4-11/h3-6,13-15,23H,1-2,7-10,20H2,(H,21,26)(H,24,25)(H,28,29)/t13-,14-,15-/m0/s1. The Balaban J connectivity index is 2.02. The first-order valence-corrected chi connectivity index (χ1v) is 9.28. The Morgan fingerprint density at radius 1 is 1.17 bits per heavy atom. The number of carboxylic acids is 2. The van der Waals surface area contributed by atoms with E-state index in [1.807, 2.05) is 0 Å². The number of nitrogens with one attached hydrogen (secondary N) is 1. The molecule has 1 aromatic rings. The van der Waals surface area contributed by atoms with Gasteiger partial charge in [-0.05, 0) is 37.0 Å². The van der Waals surface area contributed by atoms with Crippen molar-refractivity contribution in [3.63, 3.8) is 0 Å². The van der Waals surface area contributed by atoms with Crippen molar-refractivity contribution in [3.05, 3.63) is 29.8 Å². The zero-order chi connectivity index (χ0) is 21.6. The zero-order valence-electron chi connectivity index (χ0n) is 15.8. The third-order valence-electron chi connectivity index (χ3n) is 4.82. The average molecular weight is 407 g/mol. The second kappa shape index (κ2) is 9.87. The zero-order valence-corrected chi connectivity index (χ0v) is 15.8. The number of rotatable bonds is 9. The van der Waals surface area contributed by atoms with Crippen LogP contribution in [0.3, 0.4) is 0 Å². The van der Waals surface area contributed by atoms with Gasteiger partial charge in [-0.1, -0.05) is 12.1 Å². The molecule has 0 aromatic heterocycles. The lowest BCUT2D eigenvalue weighted by atomic mass is 10.0. The van der Waals surface area contributed by atoms with Crippen molar-refractivity contribution in [2.45, 2.75) is 50.2 Å². The molecule has 1 fully saturated rings. The normalized spacial score (nSPS) is 18.1. The molecule has 29 heavy (non-hydrogen) atoms. The molecule has 10 heteroatoms. The van der Waals surface area contributed by atoms with Gasteiger partial charge in [0.1, 0.15) is 17.8 Å². The van der Waals surface area contributed by atoms with E-state index in [1.54, 1.807) is 12.1 Å². The van der Waals surface area contributed by atoms with E-state index in [0.29, 0.717) is 24.9 Å². The van der Waals surface area contributed by atoms with Crippen molar-refractivity contribution in [1.82, 2.24) is 10.2 Å². The van der Waals surface area contributed by atoms with Gasteiger partial charge in [0.25, 0.3) is 0 Å². The van der Waals surface area contributed by atoms with Gasteiger partial charge in [0.05, 0.1) is 6.04 Å². The smallest absolute Gasteiger partial charge is 0.326 e. The summed E-state index contributed by atoms with van der Waals surface area (Å²) in [5, 5.41) is 30.0. The van der Waals surface area contributed by atoms with Gasteiger partial charge in [0.2, 0.25) is 11.8 Å². The van der Waals surface area contributed by atoms with Crippen LogP contribution in [-0.4, -0.2) is 68.6 Å². The summed E-state index contributed by atoms with van der Waals surface area (Å²) in [5.41, 5.74) is 6.39. The fraction of sp³-hybridized carbons (Fsp3) is 0.474. The summed E-state index contributed by atoms with van der Waals surface area (Å²) in [6.45, 7) is 0.299. The first kappa shape index (κ1) is 22.2. The Morgan fingerprint density at radius 3 is 2.41 bits per heavy atom. The van der Waals surface area contributed by atoms with Crippen LogP contribution < -0.4 is 11.1 Å². The number of carbonyl (C=O) groups excluding carboxylic acids is 2. The van der Waals surface area contributed by atoms with Crippen molar-refractivity contribution >= 4 is 23.8 Å². The molecule has 0 aliphatic carbocycles. The summed E-state index contributed by atoms with van der Waals surface area (Å²) in [7, 11) is 0. The van der Waals surface area contributed by atoms with Gasteiger partial charge in [-0.2, -0.15) is 0 Å². The largest absolute Gasteiger partial charge is 0.508 e. The Bertz CT molecular complexity index is 766. The molecular formula is C19H25N3O7. The van der Waals surface area contributed by atoms with E-state index >= 15 is 0 Å². The van der Waals surface area contributed by atoms with Crippen LogP contribution in [-0.2, 0) is 25.6 Å². The third-order valence-corrected chi connectivity index (χ3v) is 4.82. The Morgan fingerprint density at radius 2 is 1.83 bits per heavy atom. The number of aliphatic carboxylic acids is 2. The van der Waals surface area contributed by atoms with E-state index in [4.69, 9.17) is 10.8 Å². The molecular weight excluding hydrogens is 382 g/mol. The maximum atomic E-state index is 12.7. The van der Waals surface area contributed by atoms with Crippen molar-refractivity contribution in [2.24, 2.45) is 5.73 Å². The maximum absolute atomic E-state index is 12.7. The molecule has 1 heterocycles. The minimum Gasteiger partial charge on any atom is -0.508 e. The summed E-state index contributed by atoms with van der Waals surface area (Å²) in [5.74, 6) is -3.35. The van der Waals surface area contributed by atoms with E-state index in [0.717, 1.165) is 0 Å². The van der Waals surface area contributed by atoms with Crippen molar-refractivity contribution in [3.8, 4) is 5.75 Å². The van der Waals surface area contributed by atoms with Gasteiger partial charge < -0.3 is 31.3 Å². The van der Waals surface area contributed by atoms with Crippen LogP contribution in [0.5, 0.6) is 5.75 Å². The summed E-state index contributed by atoms with van der Waals surface area (Å²) in [6.07, 6.45) is 0.642. The summed E-state index contributed by atoms with van der Waals surface area (Å²) in [6, 6.07) is 2.88. The number of carboxylic acid groups (broad SMARTS) is 2. The molecule has 1 aliphatic heterocycles. The molecule has 0 bridgehead atoms. The van der Waals surface area contributed by atoms with E-state index in [-0.39, 0.29) is 25.0 Å². The SMILES string of the molecule is N[C@@H](CCC(=O)O)C(=O)N1CCC[C@H]1C(=O)N[C@@H](Cc1ccc(O)cc1)C(=O)O. The number of aromatic hydroxyl groups is 1. The fourth-order valence-electron chi connectivity index (χ4n) is 3.25. The molecule has 2 rings (SSSR count). The Labute approximate surface area is 167 Å². The molecule has 0 unspecified atom stereocenters. The predicted molar refractivity (Wildman–Crippen MR) is 101 cm³/mol. The molecule has 1 saturated heterocycles. The highest BCUT2D eigenvalue weighted by molar-refractivity contribution is 5.92. The average Bonchev–Trinajstić information content (AvgIpc) is 3.16. The molecule has 1 aromatic carbocycles. The molecule has 158 valence electrons. The summed E-state index contributed by atoms with van der Waals surface area (Å²) >= 11 is 0. The number of nitrogens with zero attached hydrogens (tertiary/aromatic N) is 1. The maximum Gasteiger partial charge on any atom is 0.326 e. The third kappa shape index (κ3) is 6.18. The second-order valence-electron chi connectivity index (χ2n) is 7.00. The number of likely N-dealkylation sites (tertiary alicyclic amines) is 1. The minimum atomic E-state index is -1.22. The number of nitrogens with two attached hydrogens (primary N) is 1. The van der Waals surface area contributed by atoms with Crippen molar-refractivity contribution < 1.29 is 34.5 Å². The van der Waals surface area contributed by atoms with Gasteiger partial charge in [-0.15, -0.1) is 0 Å². The first-order valence-electron chi connectivity index (χ1n) is 9.28. The van der Waals surface area contributed by atoms with Crippen LogP contribution >= 0.6 is 0 Å². The molecule has 0 radical (unpaired) electrons. The van der Waals surface area contributed by atoms with Gasteiger partial charge in [0.15, 0.2) is 0 Å². The van der Waals surface area contributed by atoms with E-state index < -0.39 is 41.9 Å². The van der Waals surface area contributed by atoms with Crippen LogP contribution in [0.25, 0.3) is 0 Å². The van der Waals surface area contributed by atoms with Crippen LogP contribution in [0.15, 0.2) is 24.3 Å². The topological polar surface area (TPSA) is 170 Å². The van der Waals surface area contributed by atoms with Gasteiger partial charge >= 0.3 is 11.9 Å². The van der Waals surface area contributed by atoms with Crippen LogP contribution in [0, 0.1) is 0 Å². The monoisotopic (exact) mass is 407 g/mol. The van der Waals surface area contributed by atoms with E-state index in [9.17, 15) is 29.4 Å². The number of benzene rings is 1. The number of amides is 2. The van der Waals surface area contributed by atoms with Gasteiger partial charge in [-0.25, -0.2) is 4.79 Å². The van der Waals surface area contributed by atoms with Gasteiger partial charge in [0, 0.05) is 19.4 Å². The molecule has 0 spiro atoms. The minimum absolute atomic E-state index is 0.0140. The highest BCUT2D eigenvalue weighted by Crippen LogP contribution is 2.20. The lowest BCUT2D eigenvalue weighted by molar-refractivity contribution is -0.144. The van der Waals surface area contributed by atoms with E-state index in [2.05, 4.69) is 5.32 Å². The highest BCUT2D eigenvalue weighted by Gasteiger charge is 2.37. The van der Waals surface area contributed by atoms with Crippen molar-refractivity contribution in [2.75, 3.05) is 6.54 Å². The van der Waals surface area contributed by atoms with Crippen LogP contribution in [0.2, 0.25) is 0 Å². The number of phenolic OH excluding ortho intramolecular Hbond substituents is 1. The lowest BCUT2D eigenvalue weighted by Crippen LogP contribution is -2.54. The van der Waals surface area contributed by atoms with E-state index in [1.165, 1.54) is 17.0 Å². The first-order chi connectivity index (χ1) is 13.7. The summed E-state index contributed by atoms with van der Waals surface area (Å²) < 4.78 is 0. The Kier molecular flexibility index (Phi) is 7.54.